The third-order valence-corrected chi connectivity index (χ3v) is 7.20. The second-order valence-corrected chi connectivity index (χ2v) is 12.4. The molecule has 2 N–H and O–H groups in total. The smallest absolute Gasteiger partial charge is 0.444 e. The summed E-state index contributed by atoms with van der Waals surface area (Å²) in [6.45, 7) is 6.01. The Labute approximate surface area is 283 Å². The van der Waals surface area contributed by atoms with Crippen LogP contribution in [-0.4, -0.2) is 98.1 Å². The van der Waals surface area contributed by atoms with Crippen LogP contribution in [0.4, 0.5) is 32.4 Å². The number of aromatic nitrogens is 4. The van der Waals surface area contributed by atoms with Gasteiger partial charge in [0, 0.05) is 45.5 Å². The minimum atomic E-state index is -4.86. The van der Waals surface area contributed by atoms with Gasteiger partial charge < -0.3 is 29.6 Å². The molecule has 1 aliphatic rings. The fraction of sp³-hybridized carbons (Fsp3) is 0.484. The number of anilines is 1. The summed E-state index contributed by atoms with van der Waals surface area (Å²) in [5.74, 6) is -2.92. The Morgan fingerprint density at radius 3 is 2.46 bits per heavy atom. The van der Waals surface area contributed by atoms with Gasteiger partial charge in [-0.1, -0.05) is 17.3 Å². The molecule has 1 unspecified atom stereocenters. The van der Waals surface area contributed by atoms with Crippen molar-refractivity contribution in [3.63, 3.8) is 0 Å². The minimum Gasteiger partial charge on any atom is -0.444 e. The van der Waals surface area contributed by atoms with Crippen LogP contribution in [-0.2, 0) is 29.2 Å². The van der Waals surface area contributed by atoms with Gasteiger partial charge in [0.25, 0.3) is 11.5 Å². The Balaban J connectivity index is 1.21. The Kier molecular flexibility index (Phi) is 12.1. The van der Waals surface area contributed by atoms with Gasteiger partial charge in [-0.25, -0.2) is 13.9 Å². The van der Waals surface area contributed by atoms with Gasteiger partial charge >= 0.3 is 12.5 Å². The van der Waals surface area contributed by atoms with Gasteiger partial charge in [-0.15, -0.1) is 18.3 Å². The minimum absolute atomic E-state index is 0.0888. The molecule has 3 amide bonds. The van der Waals surface area contributed by atoms with E-state index in [0.29, 0.717) is 31.7 Å². The number of carbonyl (C=O) groups is 3. The normalized spacial score (nSPS) is 14.6. The third-order valence-electron chi connectivity index (χ3n) is 7.20. The van der Waals surface area contributed by atoms with E-state index in [1.165, 1.54) is 30.6 Å². The molecule has 14 nitrogen and oxygen atoms in total. The molecular formula is C31H37F5N8O6. The first-order valence-corrected chi connectivity index (χ1v) is 15.5. The quantitative estimate of drug-likeness (QED) is 0.270. The van der Waals surface area contributed by atoms with Crippen molar-refractivity contribution < 1.29 is 45.8 Å². The number of aryl methyl sites for hydroxylation is 1. The maximum Gasteiger partial charge on any atom is 0.573 e. The van der Waals surface area contributed by atoms with E-state index in [1.807, 2.05) is 0 Å². The predicted octanol–water partition coefficient (Wildman–Crippen LogP) is 3.33. The Morgan fingerprint density at radius 1 is 1.06 bits per heavy atom. The zero-order valence-electron chi connectivity index (χ0n) is 27.5. The van der Waals surface area contributed by atoms with Gasteiger partial charge in [0.1, 0.15) is 17.5 Å². The number of hydrogen-bond acceptors (Lipinski definition) is 9. The molecule has 0 bridgehead atoms. The number of piperazine rings is 1. The van der Waals surface area contributed by atoms with E-state index < -0.39 is 53.2 Å². The van der Waals surface area contributed by atoms with E-state index in [4.69, 9.17) is 4.74 Å². The number of alkyl halides is 4. The molecule has 0 aliphatic carbocycles. The van der Waals surface area contributed by atoms with Crippen molar-refractivity contribution in [2.24, 2.45) is 0 Å². The number of amides is 3. The van der Waals surface area contributed by atoms with E-state index in [-0.39, 0.29) is 44.0 Å². The molecule has 1 atom stereocenters. The number of carbonyl (C=O) groups excluding carboxylic acids is 3. The highest BCUT2D eigenvalue weighted by Gasteiger charge is 2.31. The highest BCUT2D eigenvalue weighted by Crippen LogP contribution is 2.23. The lowest BCUT2D eigenvalue weighted by atomic mass is 10.2. The van der Waals surface area contributed by atoms with Gasteiger partial charge in [0.2, 0.25) is 11.7 Å². The predicted molar refractivity (Wildman–Crippen MR) is 167 cm³/mol. The summed E-state index contributed by atoms with van der Waals surface area (Å²) in [7, 11) is 0. The molecule has 50 heavy (non-hydrogen) atoms. The molecule has 3 aromatic rings. The lowest BCUT2D eigenvalue weighted by Crippen LogP contribution is -2.51. The third kappa shape index (κ3) is 11.5. The Hall–Kier alpha value is -5.07. The first-order chi connectivity index (χ1) is 23.5. The van der Waals surface area contributed by atoms with E-state index >= 15 is 0 Å². The molecule has 3 heterocycles. The van der Waals surface area contributed by atoms with E-state index in [0.717, 1.165) is 21.4 Å². The molecule has 272 valence electrons. The van der Waals surface area contributed by atoms with Crippen LogP contribution in [0.25, 0.3) is 0 Å². The molecule has 0 spiro atoms. The standard InChI is InChI=1S/C31H37F5N8O6/c1-30(2,3)50-29(48)43-13-11-41(12-14-43)19-25(45)38-23-8-10-42(28(47)26(23)33)9-7-21(32)17-44-18-24(39-40-44)27(46)37-16-20-5-4-6-22(15-20)49-31(34,35)36/h4-6,8,10,15,18,21H,7,9,11-14,16-17,19H2,1-3H3,(H,37,46)(H,38,45). The molecule has 1 aliphatic heterocycles. The summed E-state index contributed by atoms with van der Waals surface area (Å²) >= 11 is 0. The van der Waals surface area contributed by atoms with Crippen LogP contribution in [0.2, 0.25) is 0 Å². The van der Waals surface area contributed by atoms with Crippen LogP contribution in [0, 0.1) is 5.82 Å². The van der Waals surface area contributed by atoms with Gasteiger partial charge in [0.05, 0.1) is 25.0 Å². The molecule has 4 rings (SSSR count). The van der Waals surface area contributed by atoms with Crippen molar-refractivity contribution in [2.45, 2.75) is 65.0 Å². The van der Waals surface area contributed by atoms with Crippen LogP contribution in [0.1, 0.15) is 43.2 Å². The molecule has 2 aromatic heterocycles. The van der Waals surface area contributed by atoms with Crippen LogP contribution in [0.15, 0.2) is 47.5 Å². The van der Waals surface area contributed by atoms with E-state index in [1.54, 1.807) is 30.6 Å². The van der Waals surface area contributed by atoms with Crippen LogP contribution < -0.4 is 20.9 Å². The Bertz CT molecular complexity index is 1720. The lowest BCUT2D eigenvalue weighted by Gasteiger charge is -2.35. The van der Waals surface area contributed by atoms with E-state index in [9.17, 15) is 41.1 Å². The molecule has 0 radical (unpaired) electrons. The first kappa shape index (κ1) is 37.7. The fourth-order valence-electron chi connectivity index (χ4n) is 4.82. The SMILES string of the molecule is CC(C)(C)OC(=O)N1CCN(CC(=O)Nc2ccn(CCC(F)Cn3cc(C(=O)NCc4cccc(OC(F)(F)F)c4)nn3)c(=O)c2F)CC1. The van der Waals surface area contributed by atoms with Crippen molar-refractivity contribution in [1.29, 1.82) is 0 Å². The summed E-state index contributed by atoms with van der Waals surface area (Å²) < 4.78 is 78.2. The summed E-state index contributed by atoms with van der Waals surface area (Å²) in [4.78, 5) is 53.1. The number of rotatable bonds is 12. The van der Waals surface area contributed by atoms with Crippen LogP contribution in [0.5, 0.6) is 5.75 Å². The molecule has 0 saturated carbocycles. The molecule has 1 fully saturated rings. The second-order valence-electron chi connectivity index (χ2n) is 12.4. The van der Waals surface area contributed by atoms with Crippen molar-refractivity contribution in [3.8, 4) is 5.75 Å². The van der Waals surface area contributed by atoms with Gasteiger partial charge in [-0.3, -0.25) is 19.3 Å². The van der Waals surface area contributed by atoms with Crippen molar-refractivity contribution in [1.82, 2.24) is 34.7 Å². The fourth-order valence-corrected chi connectivity index (χ4v) is 4.82. The number of hydrogen-bond donors (Lipinski definition) is 2. The maximum absolute atomic E-state index is 14.9. The summed E-state index contributed by atoms with van der Waals surface area (Å²) in [5.41, 5.74) is -1.86. The van der Waals surface area contributed by atoms with Crippen molar-refractivity contribution in [2.75, 3.05) is 38.0 Å². The average molecular weight is 713 g/mol. The zero-order valence-corrected chi connectivity index (χ0v) is 27.5. The van der Waals surface area contributed by atoms with Gasteiger partial charge in [0.15, 0.2) is 5.69 Å². The van der Waals surface area contributed by atoms with Gasteiger partial charge in [-0.2, -0.15) is 4.39 Å². The number of pyridine rings is 1. The Morgan fingerprint density at radius 2 is 1.78 bits per heavy atom. The highest BCUT2D eigenvalue weighted by molar-refractivity contribution is 5.92. The molecule has 19 heteroatoms. The molecular weight excluding hydrogens is 675 g/mol. The summed E-state index contributed by atoms with van der Waals surface area (Å²) in [5, 5.41) is 12.2. The maximum atomic E-state index is 14.9. The average Bonchev–Trinajstić information content (AvgIpc) is 3.49. The van der Waals surface area contributed by atoms with Crippen molar-refractivity contribution in [3.05, 3.63) is 70.2 Å². The number of nitrogens with one attached hydrogen (secondary N) is 2. The number of benzene rings is 1. The highest BCUT2D eigenvalue weighted by atomic mass is 19.4. The first-order valence-electron chi connectivity index (χ1n) is 15.5. The second kappa shape index (κ2) is 16.1. The zero-order chi connectivity index (χ0) is 36.6. The lowest BCUT2D eigenvalue weighted by molar-refractivity contribution is -0.274. The topological polar surface area (TPSA) is 153 Å². The van der Waals surface area contributed by atoms with Crippen molar-refractivity contribution >= 4 is 23.6 Å². The number of halogens is 5. The van der Waals surface area contributed by atoms with E-state index in [2.05, 4.69) is 25.7 Å². The van der Waals surface area contributed by atoms with Crippen LogP contribution in [0.3, 0.4) is 0 Å². The van der Waals surface area contributed by atoms with Crippen LogP contribution >= 0.6 is 0 Å². The summed E-state index contributed by atoms with van der Waals surface area (Å²) in [6, 6.07) is 6.24. The molecule has 1 saturated heterocycles. The number of nitrogens with zero attached hydrogens (tertiary/aromatic N) is 6. The summed E-state index contributed by atoms with van der Waals surface area (Å²) in [6.07, 6.45) is -4.70. The monoisotopic (exact) mass is 712 g/mol. The number of ether oxygens (including phenoxy) is 2. The van der Waals surface area contributed by atoms with Gasteiger partial charge in [-0.05, 0) is 51.0 Å². The largest absolute Gasteiger partial charge is 0.573 e. The molecule has 1 aromatic carbocycles.